The van der Waals surface area contributed by atoms with Crippen LogP contribution in [0.2, 0.25) is 0 Å². The molecule has 0 unspecified atom stereocenters. The van der Waals surface area contributed by atoms with Gasteiger partial charge in [0.2, 0.25) is 0 Å². The Labute approximate surface area is 132 Å². The second kappa shape index (κ2) is 6.93. The first kappa shape index (κ1) is 15.1. The van der Waals surface area contributed by atoms with Crippen molar-refractivity contribution in [2.24, 2.45) is 0 Å². The summed E-state index contributed by atoms with van der Waals surface area (Å²) >= 11 is 0. The number of aliphatic hydroxyl groups is 1. The molecule has 3 rings (SSSR count). The molecule has 0 saturated carbocycles. The first-order valence-corrected chi connectivity index (χ1v) is 8.39. The van der Waals surface area contributed by atoms with Crippen LogP contribution < -0.4 is 0 Å². The standard InChI is InChI=1S/C21H24O/c1-2-3-4-5-10-16-17-11-6-8-13-19(17)21(15-22)20-14-9-7-12-18(16)20/h6-9,11-14,22H,2-5,10,15H2,1H3. The number of aryl methyl sites for hydroxylation is 1. The molecule has 0 spiro atoms. The molecule has 1 nitrogen and oxygen atoms in total. The fourth-order valence-corrected chi connectivity index (χ4v) is 3.48. The molecule has 0 radical (unpaired) electrons. The third kappa shape index (κ3) is 2.74. The fraction of sp³-hybridized carbons (Fsp3) is 0.333. The number of fused-ring (bicyclic) bond motifs is 2. The first-order chi connectivity index (χ1) is 10.9. The minimum absolute atomic E-state index is 0.0944. The van der Waals surface area contributed by atoms with Gasteiger partial charge in [0.25, 0.3) is 0 Å². The van der Waals surface area contributed by atoms with Gasteiger partial charge in [-0.2, -0.15) is 0 Å². The van der Waals surface area contributed by atoms with E-state index in [2.05, 4.69) is 55.5 Å². The van der Waals surface area contributed by atoms with Gasteiger partial charge in [0.1, 0.15) is 0 Å². The van der Waals surface area contributed by atoms with Crippen LogP contribution in [0.15, 0.2) is 48.5 Å². The van der Waals surface area contributed by atoms with Crippen LogP contribution in [0.5, 0.6) is 0 Å². The Morgan fingerprint density at radius 2 is 1.18 bits per heavy atom. The van der Waals surface area contributed by atoms with Crippen LogP contribution in [0.1, 0.15) is 43.7 Å². The molecule has 3 aromatic carbocycles. The highest BCUT2D eigenvalue weighted by Gasteiger charge is 2.12. The Morgan fingerprint density at radius 3 is 1.64 bits per heavy atom. The largest absolute Gasteiger partial charge is 0.392 e. The average Bonchev–Trinajstić information content (AvgIpc) is 2.58. The molecule has 0 saturated heterocycles. The number of unbranched alkanes of at least 4 members (excludes halogenated alkanes) is 3. The highest BCUT2D eigenvalue weighted by atomic mass is 16.3. The minimum atomic E-state index is 0.0944. The summed E-state index contributed by atoms with van der Waals surface area (Å²) in [6.07, 6.45) is 6.23. The van der Waals surface area contributed by atoms with E-state index >= 15 is 0 Å². The van der Waals surface area contributed by atoms with Crippen LogP contribution in [0, 0.1) is 0 Å². The zero-order valence-electron chi connectivity index (χ0n) is 13.3. The number of hydrogen-bond donors (Lipinski definition) is 1. The van der Waals surface area contributed by atoms with Gasteiger partial charge < -0.3 is 5.11 Å². The van der Waals surface area contributed by atoms with Crippen LogP contribution in [-0.4, -0.2) is 5.11 Å². The van der Waals surface area contributed by atoms with E-state index in [1.807, 2.05) is 0 Å². The molecule has 0 fully saturated rings. The van der Waals surface area contributed by atoms with Crippen molar-refractivity contribution in [2.45, 2.75) is 45.6 Å². The van der Waals surface area contributed by atoms with Crippen molar-refractivity contribution in [3.8, 4) is 0 Å². The smallest absolute Gasteiger partial charge is 0.0693 e. The molecule has 0 amide bonds. The SMILES string of the molecule is CCCCCCc1c2ccccc2c(CO)c2ccccc12. The van der Waals surface area contributed by atoms with Gasteiger partial charge >= 0.3 is 0 Å². The zero-order chi connectivity index (χ0) is 15.4. The molecular weight excluding hydrogens is 268 g/mol. The molecule has 0 atom stereocenters. The second-order valence-corrected chi connectivity index (χ2v) is 6.02. The van der Waals surface area contributed by atoms with Gasteiger partial charge in [-0.15, -0.1) is 0 Å². The molecule has 22 heavy (non-hydrogen) atoms. The Hall–Kier alpha value is -1.86. The van der Waals surface area contributed by atoms with E-state index in [9.17, 15) is 5.11 Å². The van der Waals surface area contributed by atoms with E-state index in [-0.39, 0.29) is 6.61 Å². The maximum Gasteiger partial charge on any atom is 0.0693 e. The molecule has 0 aromatic heterocycles. The van der Waals surface area contributed by atoms with E-state index in [0.29, 0.717) is 0 Å². The topological polar surface area (TPSA) is 20.2 Å². The quantitative estimate of drug-likeness (QED) is 0.462. The lowest BCUT2D eigenvalue weighted by Crippen LogP contribution is -1.96. The van der Waals surface area contributed by atoms with E-state index in [1.165, 1.54) is 52.8 Å². The Balaban J connectivity index is 2.18. The van der Waals surface area contributed by atoms with Crippen LogP contribution in [0.4, 0.5) is 0 Å². The predicted octanol–water partition coefficient (Wildman–Crippen LogP) is 5.61. The zero-order valence-corrected chi connectivity index (χ0v) is 13.3. The molecule has 1 N–H and O–H groups in total. The van der Waals surface area contributed by atoms with E-state index < -0.39 is 0 Å². The molecule has 0 aliphatic heterocycles. The lowest BCUT2D eigenvalue weighted by Gasteiger charge is -2.15. The predicted molar refractivity (Wildman–Crippen MR) is 95.2 cm³/mol. The van der Waals surface area contributed by atoms with Gasteiger partial charge in [-0.3, -0.25) is 0 Å². The third-order valence-corrected chi connectivity index (χ3v) is 4.59. The summed E-state index contributed by atoms with van der Waals surface area (Å²) < 4.78 is 0. The Kier molecular flexibility index (Phi) is 4.74. The third-order valence-electron chi connectivity index (χ3n) is 4.59. The maximum atomic E-state index is 9.87. The van der Waals surface area contributed by atoms with Gasteiger partial charge in [-0.25, -0.2) is 0 Å². The second-order valence-electron chi connectivity index (χ2n) is 6.02. The first-order valence-electron chi connectivity index (χ1n) is 8.39. The minimum Gasteiger partial charge on any atom is -0.392 e. The summed E-state index contributed by atoms with van der Waals surface area (Å²) in [5.74, 6) is 0. The van der Waals surface area contributed by atoms with Crippen molar-refractivity contribution in [1.82, 2.24) is 0 Å². The van der Waals surface area contributed by atoms with Crippen molar-refractivity contribution in [1.29, 1.82) is 0 Å². The summed E-state index contributed by atoms with van der Waals surface area (Å²) in [6, 6.07) is 17.0. The number of hydrogen-bond acceptors (Lipinski definition) is 1. The van der Waals surface area contributed by atoms with Gasteiger partial charge in [0.05, 0.1) is 6.61 Å². The molecule has 0 bridgehead atoms. The van der Waals surface area contributed by atoms with E-state index in [0.717, 1.165) is 12.0 Å². The van der Waals surface area contributed by atoms with Crippen molar-refractivity contribution in [2.75, 3.05) is 0 Å². The lowest BCUT2D eigenvalue weighted by atomic mass is 9.89. The fourth-order valence-electron chi connectivity index (χ4n) is 3.48. The summed E-state index contributed by atoms with van der Waals surface area (Å²) in [7, 11) is 0. The van der Waals surface area contributed by atoms with Crippen LogP contribution in [0.25, 0.3) is 21.5 Å². The molecule has 0 aliphatic rings. The van der Waals surface area contributed by atoms with E-state index in [4.69, 9.17) is 0 Å². The average molecular weight is 292 g/mol. The van der Waals surface area contributed by atoms with Crippen molar-refractivity contribution in [3.63, 3.8) is 0 Å². The van der Waals surface area contributed by atoms with Crippen LogP contribution in [0.3, 0.4) is 0 Å². The molecular formula is C21H24O. The van der Waals surface area contributed by atoms with Gasteiger partial charge in [0, 0.05) is 0 Å². The van der Waals surface area contributed by atoms with Gasteiger partial charge in [-0.1, -0.05) is 74.7 Å². The van der Waals surface area contributed by atoms with Gasteiger partial charge in [-0.05, 0) is 45.5 Å². The normalized spacial score (nSPS) is 11.4. The number of benzene rings is 3. The maximum absolute atomic E-state index is 9.87. The summed E-state index contributed by atoms with van der Waals surface area (Å²) in [5.41, 5.74) is 2.50. The van der Waals surface area contributed by atoms with Crippen LogP contribution >= 0.6 is 0 Å². The molecule has 1 heteroatoms. The highest BCUT2D eigenvalue weighted by Crippen LogP contribution is 2.33. The molecule has 0 heterocycles. The number of rotatable bonds is 6. The van der Waals surface area contributed by atoms with Crippen molar-refractivity contribution in [3.05, 3.63) is 59.7 Å². The molecule has 114 valence electrons. The van der Waals surface area contributed by atoms with Crippen molar-refractivity contribution >= 4 is 21.5 Å². The van der Waals surface area contributed by atoms with E-state index in [1.54, 1.807) is 0 Å². The van der Waals surface area contributed by atoms with Crippen LogP contribution in [-0.2, 0) is 13.0 Å². The Bertz CT molecular complexity index is 716. The highest BCUT2D eigenvalue weighted by molar-refractivity contribution is 6.05. The Morgan fingerprint density at radius 1 is 0.682 bits per heavy atom. The molecule has 3 aromatic rings. The molecule has 0 aliphatic carbocycles. The monoisotopic (exact) mass is 292 g/mol. The lowest BCUT2D eigenvalue weighted by molar-refractivity contribution is 0.285. The summed E-state index contributed by atoms with van der Waals surface area (Å²) in [5, 5.41) is 14.9. The van der Waals surface area contributed by atoms with Crippen molar-refractivity contribution < 1.29 is 5.11 Å². The van der Waals surface area contributed by atoms with Gasteiger partial charge in [0.15, 0.2) is 0 Å². The summed E-state index contributed by atoms with van der Waals surface area (Å²) in [6.45, 7) is 2.35. The number of aliphatic hydroxyl groups excluding tert-OH is 1. The summed E-state index contributed by atoms with van der Waals surface area (Å²) in [4.78, 5) is 0.